The van der Waals surface area contributed by atoms with Crippen LogP contribution in [0.4, 0.5) is 16.4 Å². The fourth-order valence-corrected chi connectivity index (χ4v) is 4.43. The number of amides is 1. The molecule has 1 aliphatic heterocycles. The van der Waals surface area contributed by atoms with Crippen molar-refractivity contribution in [1.29, 1.82) is 0 Å². The summed E-state index contributed by atoms with van der Waals surface area (Å²) in [6.07, 6.45) is 1.15. The molecule has 1 saturated heterocycles. The molecule has 9 nitrogen and oxygen atoms in total. The Morgan fingerprint density at radius 1 is 1.25 bits per heavy atom. The van der Waals surface area contributed by atoms with Gasteiger partial charge in [0.15, 0.2) is 0 Å². The first-order chi connectivity index (χ1) is 15.6. The molecule has 11 heteroatoms. The molecule has 1 aliphatic rings. The molecule has 0 radical (unpaired) electrons. The standard InChI is InChI=1S/C21H17ClN6O3S/c1-30-13-3-5-18-16(9-13)25-19(32-18)11-23-20-26-17(10-24-27-20)14-8-12(2-4-15(14)22)28-6-7-31-21(28)29/h2-5,8-10H,6-7,11H2,1H3,(H,23,26,27). The Morgan fingerprint density at radius 2 is 2.16 bits per heavy atom. The van der Waals surface area contributed by atoms with Crippen LogP contribution in [-0.4, -0.2) is 46.5 Å². The minimum absolute atomic E-state index is 0.349. The van der Waals surface area contributed by atoms with Crippen molar-refractivity contribution < 1.29 is 14.3 Å². The van der Waals surface area contributed by atoms with E-state index in [4.69, 9.17) is 21.1 Å². The van der Waals surface area contributed by atoms with Gasteiger partial charge in [-0.1, -0.05) is 11.6 Å². The number of thiazole rings is 1. The maximum atomic E-state index is 11.9. The number of nitrogens with zero attached hydrogens (tertiary/aromatic N) is 5. The van der Waals surface area contributed by atoms with E-state index in [-0.39, 0.29) is 6.09 Å². The summed E-state index contributed by atoms with van der Waals surface area (Å²) in [6, 6.07) is 11.1. The van der Waals surface area contributed by atoms with Crippen LogP contribution in [0.25, 0.3) is 21.5 Å². The summed E-state index contributed by atoms with van der Waals surface area (Å²) in [6.45, 7) is 1.29. The quantitative estimate of drug-likeness (QED) is 0.444. The number of carbonyl (C=O) groups excluding carboxylic acids is 1. The zero-order valence-corrected chi connectivity index (χ0v) is 18.5. The molecule has 162 valence electrons. The van der Waals surface area contributed by atoms with Crippen molar-refractivity contribution >= 4 is 50.9 Å². The summed E-state index contributed by atoms with van der Waals surface area (Å²) in [5, 5.41) is 12.6. The number of hydrogen-bond donors (Lipinski definition) is 1. The Labute approximate surface area is 192 Å². The molecule has 0 bridgehead atoms. The molecule has 3 heterocycles. The Balaban J connectivity index is 1.36. The molecule has 0 atom stereocenters. The number of halogens is 1. The van der Waals surface area contributed by atoms with Crippen LogP contribution in [-0.2, 0) is 11.3 Å². The normalized spacial score (nSPS) is 13.4. The molecule has 5 rings (SSSR count). The molecule has 1 fully saturated rings. The highest BCUT2D eigenvalue weighted by Crippen LogP contribution is 2.32. The van der Waals surface area contributed by atoms with Gasteiger partial charge in [0.2, 0.25) is 5.95 Å². The number of hydrogen-bond acceptors (Lipinski definition) is 9. The monoisotopic (exact) mass is 468 g/mol. The largest absolute Gasteiger partial charge is 0.497 e. The number of aromatic nitrogens is 4. The van der Waals surface area contributed by atoms with Crippen molar-refractivity contribution in [2.24, 2.45) is 0 Å². The summed E-state index contributed by atoms with van der Waals surface area (Å²) in [4.78, 5) is 22.6. The summed E-state index contributed by atoms with van der Waals surface area (Å²) in [5.41, 5.74) is 2.75. The molecule has 1 N–H and O–H groups in total. The van der Waals surface area contributed by atoms with Crippen LogP contribution in [0.5, 0.6) is 5.75 Å². The zero-order valence-electron chi connectivity index (χ0n) is 16.9. The van der Waals surface area contributed by atoms with Crippen LogP contribution in [0.1, 0.15) is 5.01 Å². The Kier molecular flexibility index (Phi) is 5.46. The molecule has 0 unspecified atom stereocenters. The summed E-state index contributed by atoms with van der Waals surface area (Å²) >= 11 is 7.99. The van der Waals surface area contributed by atoms with E-state index in [1.54, 1.807) is 41.5 Å². The van der Waals surface area contributed by atoms with Gasteiger partial charge in [0.25, 0.3) is 0 Å². The average Bonchev–Trinajstić information content (AvgIpc) is 3.43. The molecule has 0 aliphatic carbocycles. The summed E-state index contributed by atoms with van der Waals surface area (Å²) in [7, 11) is 1.63. The van der Waals surface area contributed by atoms with Gasteiger partial charge in [-0.3, -0.25) is 4.90 Å². The second kappa shape index (κ2) is 8.56. The lowest BCUT2D eigenvalue weighted by Gasteiger charge is -2.14. The molecule has 0 spiro atoms. The van der Waals surface area contributed by atoms with Gasteiger partial charge in [-0.05, 0) is 30.3 Å². The topological polar surface area (TPSA) is 102 Å². The minimum atomic E-state index is -0.380. The lowest BCUT2D eigenvalue weighted by Crippen LogP contribution is -2.23. The zero-order chi connectivity index (χ0) is 22.1. The summed E-state index contributed by atoms with van der Waals surface area (Å²) in [5.74, 6) is 1.12. The Bertz CT molecular complexity index is 1310. The number of methoxy groups -OCH3 is 1. The van der Waals surface area contributed by atoms with E-state index in [1.165, 1.54) is 6.20 Å². The smallest absolute Gasteiger partial charge is 0.414 e. The third-order valence-corrected chi connectivity index (χ3v) is 6.26. The molecule has 2 aromatic carbocycles. The van der Waals surface area contributed by atoms with E-state index in [9.17, 15) is 4.79 Å². The van der Waals surface area contributed by atoms with E-state index in [0.29, 0.717) is 47.6 Å². The van der Waals surface area contributed by atoms with Gasteiger partial charge in [-0.25, -0.2) is 14.8 Å². The van der Waals surface area contributed by atoms with E-state index in [1.807, 2.05) is 18.2 Å². The van der Waals surface area contributed by atoms with Gasteiger partial charge in [0.05, 0.1) is 47.3 Å². The van der Waals surface area contributed by atoms with Crippen molar-refractivity contribution in [1.82, 2.24) is 20.2 Å². The van der Waals surface area contributed by atoms with Gasteiger partial charge < -0.3 is 14.8 Å². The molecule has 1 amide bonds. The van der Waals surface area contributed by atoms with Crippen molar-refractivity contribution in [2.75, 3.05) is 30.5 Å². The Morgan fingerprint density at radius 3 is 2.97 bits per heavy atom. The molecular formula is C21H17ClN6O3S. The third-order valence-electron chi connectivity index (χ3n) is 4.89. The van der Waals surface area contributed by atoms with E-state index in [2.05, 4.69) is 25.5 Å². The maximum Gasteiger partial charge on any atom is 0.414 e. The van der Waals surface area contributed by atoms with Gasteiger partial charge in [-0.15, -0.1) is 16.4 Å². The minimum Gasteiger partial charge on any atom is -0.497 e. The number of ether oxygens (including phenoxy) is 2. The number of anilines is 2. The number of cyclic esters (lactones) is 1. The number of nitrogens with one attached hydrogen (secondary N) is 1. The molecular weight excluding hydrogens is 452 g/mol. The lowest BCUT2D eigenvalue weighted by atomic mass is 10.1. The number of fused-ring (bicyclic) bond motifs is 1. The van der Waals surface area contributed by atoms with Crippen LogP contribution < -0.4 is 15.0 Å². The summed E-state index contributed by atoms with van der Waals surface area (Å²) < 4.78 is 11.3. The fourth-order valence-electron chi connectivity index (χ4n) is 3.33. The predicted octanol–water partition coefficient (Wildman–Crippen LogP) is 4.38. The molecule has 0 saturated carbocycles. The third kappa shape index (κ3) is 4.02. The fraction of sp³-hybridized carbons (Fsp3) is 0.190. The van der Waals surface area contributed by atoms with E-state index >= 15 is 0 Å². The second-order valence-electron chi connectivity index (χ2n) is 6.89. The van der Waals surface area contributed by atoms with E-state index in [0.717, 1.165) is 21.0 Å². The second-order valence-corrected chi connectivity index (χ2v) is 8.41. The van der Waals surface area contributed by atoms with Crippen LogP contribution in [0.2, 0.25) is 5.02 Å². The van der Waals surface area contributed by atoms with Crippen LogP contribution in [0.3, 0.4) is 0 Å². The van der Waals surface area contributed by atoms with Gasteiger partial charge >= 0.3 is 6.09 Å². The lowest BCUT2D eigenvalue weighted by molar-refractivity contribution is 0.181. The van der Waals surface area contributed by atoms with Crippen LogP contribution >= 0.6 is 22.9 Å². The van der Waals surface area contributed by atoms with Gasteiger partial charge in [-0.2, -0.15) is 5.10 Å². The van der Waals surface area contributed by atoms with Crippen molar-refractivity contribution in [3.63, 3.8) is 0 Å². The van der Waals surface area contributed by atoms with Crippen molar-refractivity contribution in [3.05, 3.63) is 52.6 Å². The average molecular weight is 469 g/mol. The molecule has 2 aromatic heterocycles. The maximum absolute atomic E-state index is 11.9. The Hall–Kier alpha value is -3.50. The first kappa shape index (κ1) is 20.4. The van der Waals surface area contributed by atoms with Crippen molar-refractivity contribution in [2.45, 2.75) is 6.54 Å². The van der Waals surface area contributed by atoms with Crippen LogP contribution in [0, 0.1) is 0 Å². The van der Waals surface area contributed by atoms with Gasteiger partial charge in [0, 0.05) is 17.3 Å². The number of benzene rings is 2. The number of carbonyl (C=O) groups is 1. The molecule has 32 heavy (non-hydrogen) atoms. The number of rotatable bonds is 6. The SMILES string of the molecule is COc1ccc2sc(CNc3nncc(-c4cc(N5CCOC5=O)ccc4Cl)n3)nc2c1. The predicted molar refractivity (Wildman–Crippen MR) is 122 cm³/mol. The molecule has 4 aromatic rings. The van der Waals surface area contributed by atoms with Crippen LogP contribution in [0.15, 0.2) is 42.6 Å². The first-order valence-corrected chi connectivity index (χ1v) is 10.9. The van der Waals surface area contributed by atoms with Gasteiger partial charge in [0.1, 0.15) is 17.4 Å². The highest BCUT2D eigenvalue weighted by atomic mass is 35.5. The highest BCUT2D eigenvalue weighted by Gasteiger charge is 2.24. The highest BCUT2D eigenvalue weighted by molar-refractivity contribution is 7.18. The van der Waals surface area contributed by atoms with Crippen molar-refractivity contribution in [3.8, 4) is 17.0 Å². The van der Waals surface area contributed by atoms with E-state index < -0.39 is 0 Å². The first-order valence-electron chi connectivity index (χ1n) is 9.72.